The quantitative estimate of drug-likeness (QED) is 0.903. The van der Waals surface area contributed by atoms with Gasteiger partial charge in [-0.15, -0.1) is 0 Å². The Hall–Kier alpha value is -0.870. The van der Waals surface area contributed by atoms with Gasteiger partial charge in [-0.1, -0.05) is 39.8 Å². The first-order valence-electron chi connectivity index (χ1n) is 6.69. The van der Waals surface area contributed by atoms with Gasteiger partial charge in [-0.3, -0.25) is 0 Å². The van der Waals surface area contributed by atoms with Gasteiger partial charge in [0, 0.05) is 6.04 Å². The summed E-state index contributed by atoms with van der Waals surface area (Å²) in [4.78, 5) is 0.413. The summed E-state index contributed by atoms with van der Waals surface area (Å²) >= 11 is 0. The van der Waals surface area contributed by atoms with Gasteiger partial charge in [-0.05, 0) is 36.6 Å². The molecule has 0 heterocycles. The highest BCUT2D eigenvalue weighted by Crippen LogP contribution is 2.23. The predicted octanol–water partition coefficient (Wildman–Crippen LogP) is 2.66. The summed E-state index contributed by atoms with van der Waals surface area (Å²) < 4.78 is 23.5. The van der Waals surface area contributed by atoms with Gasteiger partial charge >= 0.3 is 0 Å². The minimum absolute atomic E-state index is 0.146. The van der Waals surface area contributed by atoms with Crippen LogP contribution in [0.1, 0.15) is 33.3 Å². The van der Waals surface area contributed by atoms with Gasteiger partial charge in [-0.25, -0.2) is 8.42 Å². The van der Waals surface area contributed by atoms with E-state index in [4.69, 9.17) is 0 Å². The third-order valence-electron chi connectivity index (χ3n) is 3.50. The summed E-state index contributed by atoms with van der Waals surface area (Å²) in [5, 5.41) is 3.33. The molecular formula is C15H25NO2S. The Kier molecular flexibility index (Phi) is 5.16. The molecule has 1 aromatic carbocycles. The molecule has 0 aliphatic carbocycles. The van der Waals surface area contributed by atoms with Crippen LogP contribution in [-0.2, 0) is 16.3 Å². The summed E-state index contributed by atoms with van der Waals surface area (Å²) in [6, 6.07) is 7.62. The number of benzene rings is 1. The summed E-state index contributed by atoms with van der Waals surface area (Å²) in [5.41, 5.74) is 1.33. The molecule has 0 bridgehead atoms. The van der Waals surface area contributed by atoms with E-state index in [1.165, 1.54) is 0 Å². The molecule has 3 nitrogen and oxygen atoms in total. The molecule has 108 valence electrons. The first-order chi connectivity index (χ1) is 8.70. The van der Waals surface area contributed by atoms with Crippen LogP contribution in [0.2, 0.25) is 0 Å². The highest BCUT2D eigenvalue weighted by molar-refractivity contribution is 7.91. The van der Waals surface area contributed by atoms with Crippen molar-refractivity contribution in [2.24, 2.45) is 5.41 Å². The zero-order valence-corrected chi connectivity index (χ0v) is 13.3. The number of rotatable bonds is 5. The second-order valence-electron chi connectivity index (χ2n) is 5.96. The standard InChI is InChI=1S/C15H25NO2S/c1-6-19(17,18)13-9-7-12(8-10-13)11-14(16-5)15(2,3)4/h7-10,14,16H,6,11H2,1-5H3. The lowest BCUT2D eigenvalue weighted by atomic mass is 9.83. The van der Waals surface area contributed by atoms with Crippen LogP contribution in [0.5, 0.6) is 0 Å². The SMILES string of the molecule is CCS(=O)(=O)c1ccc(CC(NC)C(C)(C)C)cc1. The maximum atomic E-state index is 11.7. The Morgan fingerprint density at radius 2 is 1.68 bits per heavy atom. The number of nitrogens with one attached hydrogen (secondary N) is 1. The Morgan fingerprint density at radius 3 is 2.05 bits per heavy atom. The molecule has 1 atom stereocenters. The molecule has 1 rings (SSSR count). The molecule has 0 saturated heterocycles. The number of likely N-dealkylation sites (N-methyl/N-ethyl adjacent to an activating group) is 1. The van der Waals surface area contributed by atoms with Crippen molar-refractivity contribution < 1.29 is 8.42 Å². The van der Waals surface area contributed by atoms with E-state index in [1.54, 1.807) is 19.1 Å². The molecule has 0 radical (unpaired) electrons. The molecule has 0 spiro atoms. The van der Waals surface area contributed by atoms with Gasteiger partial charge in [-0.2, -0.15) is 0 Å². The van der Waals surface area contributed by atoms with Gasteiger partial charge in [0.2, 0.25) is 0 Å². The molecule has 0 aliphatic rings. The molecule has 1 aromatic rings. The molecule has 1 unspecified atom stereocenters. The minimum Gasteiger partial charge on any atom is -0.316 e. The van der Waals surface area contributed by atoms with Crippen molar-refractivity contribution in [1.29, 1.82) is 0 Å². The van der Waals surface area contributed by atoms with E-state index >= 15 is 0 Å². The molecule has 4 heteroatoms. The summed E-state index contributed by atoms with van der Waals surface area (Å²) in [6.07, 6.45) is 0.895. The van der Waals surface area contributed by atoms with Crippen molar-refractivity contribution in [2.75, 3.05) is 12.8 Å². The van der Waals surface area contributed by atoms with Crippen molar-refractivity contribution in [1.82, 2.24) is 5.32 Å². The number of hydrogen-bond acceptors (Lipinski definition) is 3. The maximum absolute atomic E-state index is 11.7. The second-order valence-corrected chi connectivity index (χ2v) is 8.24. The summed E-state index contributed by atoms with van der Waals surface area (Å²) in [5.74, 6) is 0.146. The van der Waals surface area contributed by atoms with Gasteiger partial charge < -0.3 is 5.32 Å². The maximum Gasteiger partial charge on any atom is 0.178 e. The average Bonchev–Trinajstić information content (AvgIpc) is 2.35. The Labute approximate surface area is 117 Å². The second kappa shape index (κ2) is 6.06. The first kappa shape index (κ1) is 16.2. The van der Waals surface area contributed by atoms with Crippen LogP contribution >= 0.6 is 0 Å². The normalized spacial score (nSPS) is 14.4. The number of sulfone groups is 1. The van der Waals surface area contributed by atoms with Crippen LogP contribution < -0.4 is 5.32 Å². The lowest BCUT2D eigenvalue weighted by Gasteiger charge is -2.30. The van der Waals surface area contributed by atoms with E-state index in [0.717, 1.165) is 12.0 Å². The topological polar surface area (TPSA) is 46.2 Å². The van der Waals surface area contributed by atoms with E-state index in [0.29, 0.717) is 10.9 Å². The van der Waals surface area contributed by atoms with Crippen LogP contribution in [0.15, 0.2) is 29.2 Å². The zero-order chi connectivity index (χ0) is 14.7. The third-order valence-corrected chi connectivity index (χ3v) is 5.25. The van der Waals surface area contributed by atoms with E-state index in [-0.39, 0.29) is 11.2 Å². The molecule has 0 saturated carbocycles. The lowest BCUT2D eigenvalue weighted by Crippen LogP contribution is -2.39. The minimum atomic E-state index is -3.09. The van der Waals surface area contributed by atoms with Crippen LogP contribution in [-0.4, -0.2) is 27.3 Å². The van der Waals surface area contributed by atoms with Gasteiger partial charge in [0.15, 0.2) is 9.84 Å². The molecule has 19 heavy (non-hydrogen) atoms. The van der Waals surface area contributed by atoms with Gasteiger partial charge in [0.25, 0.3) is 0 Å². The third kappa shape index (κ3) is 4.32. The Balaban J connectivity index is 2.89. The monoisotopic (exact) mass is 283 g/mol. The van der Waals surface area contributed by atoms with Crippen molar-refractivity contribution in [2.45, 2.75) is 45.1 Å². The first-order valence-corrected chi connectivity index (χ1v) is 8.35. The van der Waals surface area contributed by atoms with E-state index in [2.05, 4.69) is 26.1 Å². The molecular weight excluding hydrogens is 258 g/mol. The van der Waals surface area contributed by atoms with Crippen molar-refractivity contribution in [3.05, 3.63) is 29.8 Å². The largest absolute Gasteiger partial charge is 0.316 e. The van der Waals surface area contributed by atoms with Crippen LogP contribution in [0.4, 0.5) is 0 Å². The van der Waals surface area contributed by atoms with E-state index < -0.39 is 9.84 Å². The molecule has 0 aromatic heterocycles. The molecule has 0 aliphatic heterocycles. The molecule has 0 amide bonds. The summed E-state index contributed by atoms with van der Waals surface area (Å²) in [6.45, 7) is 8.26. The number of hydrogen-bond donors (Lipinski definition) is 1. The van der Waals surface area contributed by atoms with Gasteiger partial charge in [0.05, 0.1) is 10.6 Å². The van der Waals surface area contributed by atoms with Crippen LogP contribution in [0.3, 0.4) is 0 Å². The lowest BCUT2D eigenvalue weighted by molar-refractivity contribution is 0.280. The van der Waals surface area contributed by atoms with Crippen molar-refractivity contribution >= 4 is 9.84 Å². The highest BCUT2D eigenvalue weighted by atomic mass is 32.2. The summed E-state index contributed by atoms with van der Waals surface area (Å²) in [7, 11) is -1.13. The highest BCUT2D eigenvalue weighted by Gasteiger charge is 2.23. The fraction of sp³-hybridized carbons (Fsp3) is 0.600. The zero-order valence-electron chi connectivity index (χ0n) is 12.5. The smallest absolute Gasteiger partial charge is 0.178 e. The Bertz CT molecular complexity index is 498. The fourth-order valence-electron chi connectivity index (χ4n) is 2.08. The fourth-order valence-corrected chi connectivity index (χ4v) is 2.96. The van der Waals surface area contributed by atoms with Crippen LogP contribution in [0, 0.1) is 5.41 Å². The van der Waals surface area contributed by atoms with E-state index in [9.17, 15) is 8.42 Å². The van der Waals surface area contributed by atoms with Crippen molar-refractivity contribution in [3.8, 4) is 0 Å². The van der Waals surface area contributed by atoms with Crippen LogP contribution in [0.25, 0.3) is 0 Å². The molecule has 0 fully saturated rings. The Morgan fingerprint density at radius 1 is 1.16 bits per heavy atom. The molecule has 1 N–H and O–H groups in total. The van der Waals surface area contributed by atoms with Crippen molar-refractivity contribution in [3.63, 3.8) is 0 Å². The van der Waals surface area contributed by atoms with Gasteiger partial charge in [0.1, 0.15) is 0 Å². The average molecular weight is 283 g/mol. The predicted molar refractivity (Wildman–Crippen MR) is 80.2 cm³/mol. The van der Waals surface area contributed by atoms with E-state index in [1.807, 2.05) is 19.2 Å².